The standard InChI is InChI=1S/C12H22O10/c13-5-3-21-11(19,9(17)7(5)15)1-2-12(20)10(18)8(16)6(14)4-22-12/h5-10,13-20H,1-4H2/t5-,6-,7+,8+,9-,10-,11?,12?/m0/s1. The maximum Gasteiger partial charge on any atom is 0.194 e. The summed E-state index contributed by atoms with van der Waals surface area (Å²) in [5.74, 6) is -4.53. The topological polar surface area (TPSA) is 180 Å². The summed E-state index contributed by atoms with van der Waals surface area (Å²) in [6, 6.07) is 0. The molecule has 2 aliphatic rings. The van der Waals surface area contributed by atoms with Gasteiger partial charge in [-0.2, -0.15) is 0 Å². The molecule has 0 radical (unpaired) electrons. The highest BCUT2D eigenvalue weighted by atomic mass is 16.7. The minimum Gasteiger partial charge on any atom is -0.388 e. The largest absolute Gasteiger partial charge is 0.388 e. The number of ether oxygens (including phenoxy) is 2. The van der Waals surface area contributed by atoms with Crippen LogP contribution in [0, 0.1) is 0 Å². The third-order valence-electron chi connectivity index (χ3n) is 4.21. The van der Waals surface area contributed by atoms with Crippen LogP contribution in [0.15, 0.2) is 0 Å². The molecule has 0 bridgehead atoms. The lowest BCUT2D eigenvalue weighted by molar-refractivity contribution is -0.350. The van der Waals surface area contributed by atoms with E-state index in [2.05, 4.69) is 0 Å². The second-order valence-corrected chi connectivity index (χ2v) is 5.82. The molecule has 2 unspecified atom stereocenters. The first kappa shape index (κ1) is 17.9. The molecule has 0 aromatic rings. The van der Waals surface area contributed by atoms with Gasteiger partial charge in [-0.3, -0.25) is 0 Å². The third-order valence-corrected chi connectivity index (χ3v) is 4.21. The van der Waals surface area contributed by atoms with Crippen molar-refractivity contribution in [2.75, 3.05) is 13.2 Å². The van der Waals surface area contributed by atoms with E-state index in [1.54, 1.807) is 0 Å². The summed E-state index contributed by atoms with van der Waals surface area (Å²) in [5.41, 5.74) is 0. The number of aliphatic hydroxyl groups is 8. The van der Waals surface area contributed by atoms with E-state index in [-0.39, 0.29) is 0 Å². The fraction of sp³-hybridized carbons (Fsp3) is 1.00. The van der Waals surface area contributed by atoms with Gasteiger partial charge in [0, 0.05) is 12.8 Å². The van der Waals surface area contributed by atoms with Crippen molar-refractivity contribution in [2.45, 2.75) is 61.0 Å². The van der Waals surface area contributed by atoms with Gasteiger partial charge in [-0.15, -0.1) is 0 Å². The molecule has 10 nitrogen and oxygen atoms in total. The number of hydrogen-bond acceptors (Lipinski definition) is 10. The fourth-order valence-corrected chi connectivity index (χ4v) is 2.58. The molecule has 2 heterocycles. The Labute approximate surface area is 125 Å². The predicted molar refractivity (Wildman–Crippen MR) is 67.1 cm³/mol. The molecule has 10 heteroatoms. The lowest BCUT2D eigenvalue weighted by Crippen LogP contribution is -2.64. The van der Waals surface area contributed by atoms with E-state index in [0.29, 0.717) is 0 Å². The first-order valence-electron chi connectivity index (χ1n) is 6.92. The van der Waals surface area contributed by atoms with Crippen molar-refractivity contribution >= 4 is 0 Å². The van der Waals surface area contributed by atoms with Crippen LogP contribution < -0.4 is 0 Å². The minimum atomic E-state index is -2.27. The van der Waals surface area contributed by atoms with Crippen LogP contribution in [-0.2, 0) is 9.47 Å². The lowest BCUT2D eigenvalue weighted by atomic mass is 9.88. The molecule has 130 valence electrons. The summed E-state index contributed by atoms with van der Waals surface area (Å²) >= 11 is 0. The minimum absolute atomic E-state index is 0.433. The normalized spacial score (nSPS) is 53.5. The molecule has 8 N–H and O–H groups in total. The molecular weight excluding hydrogens is 304 g/mol. The van der Waals surface area contributed by atoms with Crippen molar-refractivity contribution in [1.82, 2.24) is 0 Å². The van der Waals surface area contributed by atoms with Crippen LogP contribution in [0.3, 0.4) is 0 Å². The lowest BCUT2D eigenvalue weighted by Gasteiger charge is -2.45. The molecule has 0 amide bonds. The van der Waals surface area contributed by atoms with Gasteiger partial charge < -0.3 is 50.3 Å². The Kier molecular flexibility index (Phi) is 5.09. The summed E-state index contributed by atoms with van der Waals surface area (Å²) in [5, 5.41) is 77.7. The van der Waals surface area contributed by atoms with Gasteiger partial charge in [0.2, 0.25) is 0 Å². The zero-order valence-corrected chi connectivity index (χ0v) is 11.7. The predicted octanol–water partition coefficient (Wildman–Crippen LogP) is -4.63. The van der Waals surface area contributed by atoms with Gasteiger partial charge in [-0.05, 0) is 0 Å². The Hall–Kier alpha value is -0.400. The first-order chi connectivity index (χ1) is 10.1. The van der Waals surface area contributed by atoms with Gasteiger partial charge >= 0.3 is 0 Å². The van der Waals surface area contributed by atoms with Crippen molar-refractivity contribution in [1.29, 1.82) is 0 Å². The second kappa shape index (κ2) is 6.24. The average molecular weight is 326 g/mol. The molecule has 2 fully saturated rings. The molecular formula is C12H22O10. The number of hydrogen-bond donors (Lipinski definition) is 8. The number of rotatable bonds is 3. The molecule has 8 atom stereocenters. The van der Waals surface area contributed by atoms with Crippen molar-refractivity contribution < 1.29 is 50.3 Å². The average Bonchev–Trinajstić information content (AvgIpc) is 2.50. The second-order valence-electron chi connectivity index (χ2n) is 5.82. The summed E-state index contributed by atoms with van der Waals surface area (Å²) in [6.07, 6.45) is -10.6. The third kappa shape index (κ3) is 3.12. The van der Waals surface area contributed by atoms with Gasteiger partial charge in [0.25, 0.3) is 0 Å². The molecule has 22 heavy (non-hydrogen) atoms. The van der Waals surface area contributed by atoms with Crippen molar-refractivity contribution in [3.05, 3.63) is 0 Å². The van der Waals surface area contributed by atoms with Gasteiger partial charge in [0.15, 0.2) is 11.6 Å². The van der Waals surface area contributed by atoms with Crippen LogP contribution >= 0.6 is 0 Å². The van der Waals surface area contributed by atoms with Gasteiger partial charge in [-0.25, -0.2) is 0 Å². The Morgan fingerprint density at radius 3 is 1.32 bits per heavy atom. The van der Waals surface area contributed by atoms with E-state index in [9.17, 15) is 40.9 Å². The van der Waals surface area contributed by atoms with Crippen molar-refractivity contribution in [3.8, 4) is 0 Å². The summed E-state index contributed by atoms with van der Waals surface area (Å²) < 4.78 is 9.83. The SMILES string of the molecule is O[C@@H]1[C@@H](O)COC(O)(CCC2(O)OC[C@H](O)[C@@H](O)[C@@H]2O)[C@H]1O. The van der Waals surface area contributed by atoms with E-state index in [1.165, 1.54) is 0 Å². The van der Waals surface area contributed by atoms with Gasteiger partial charge in [0.05, 0.1) is 13.2 Å². The fourth-order valence-electron chi connectivity index (χ4n) is 2.58. The van der Waals surface area contributed by atoms with E-state index in [4.69, 9.17) is 9.47 Å². The molecule has 2 aliphatic heterocycles. The van der Waals surface area contributed by atoms with Crippen molar-refractivity contribution in [3.63, 3.8) is 0 Å². The molecule has 2 saturated heterocycles. The Bertz CT molecular complexity index is 358. The Morgan fingerprint density at radius 2 is 1.00 bits per heavy atom. The Morgan fingerprint density at radius 1 is 0.682 bits per heavy atom. The maximum absolute atomic E-state index is 10.2. The zero-order chi connectivity index (χ0) is 16.7. The first-order valence-corrected chi connectivity index (χ1v) is 6.92. The molecule has 0 spiro atoms. The highest BCUT2D eigenvalue weighted by Gasteiger charge is 2.53. The van der Waals surface area contributed by atoms with Crippen LogP contribution in [0.25, 0.3) is 0 Å². The van der Waals surface area contributed by atoms with Crippen LogP contribution in [0.4, 0.5) is 0 Å². The van der Waals surface area contributed by atoms with Crippen LogP contribution in [0.5, 0.6) is 0 Å². The Balaban J connectivity index is 2.02. The van der Waals surface area contributed by atoms with Crippen molar-refractivity contribution in [2.24, 2.45) is 0 Å². The molecule has 0 aromatic heterocycles. The highest BCUT2D eigenvalue weighted by molar-refractivity contribution is 4.96. The van der Waals surface area contributed by atoms with Gasteiger partial charge in [-0.1, -0.05) is 0 Å². The van der Waals surface area contributed by atoms with E-state index >= 15 is 0 Å². The molecule has 0 aromatic carbocycles. The molecule has 0 saturated carbocycles. The van der Waals surface area contributed by atoms with E-state index in [1.807, 2.05) is 0 Å². The van der Waals surface area contributed by atoms with Crippen LogP contribution in [0.2, 0.25) is 0 Å². The smallest absolute Gasteiger partial charge is 0.194 e. The summed E-state index contributed by atoms with van der Waals surface area (Å²) in [7, 11) is 0. The molecule has 2 rings (SSSR count). The molecule has 0 aliphatic carbocycles. The van der Waals surface area contributed by atoms with Crippen LogP contribution in [-0.4, -0.2) is 102 Å². The van der Waals surface area contributed by atoms with E-state index < -0.39 is 74.3 Å². The van der Waals surface area contributed by atoms with Gasteiger partial charge in [0.1, 0.15) is 36.6 Å². The zero-order valence-electron chi connectivity index (χ0n) is 11.7. The summed E-state index contributed by atoms with van der Waals surface area (Å²) in [4.78, 5) is 0. The number of aliphatic hydroxyl groups excluding tert-OH is 6. The van der Waals surface area contributed by atoms with E-state index in [0.717, 1.165) is 0 Å². The highest BCUT2D eigenvalue weighted by Crippen LogP contribution is 2.34. The maximum atomic E-state index is 10.2. The monoisotopic (exact) mass is 326 g/mol. The summed E-state index contributed by atoms with van der Waals surface area (Å²) in [6.45, 7) is -0.865. The quantitative estimate of drug-likeness (QED) is 0.251. The van der Waals surface area contributed by atoms with Crippen LogP contribution in [0.1, 0.15) is 12.8 Å².